The molecule has 4 heterocycles. The minimum absolute atomic E-state index is 0.0159. The van der Waals surface area contributed by atoms with Gasteiger partial charge in [-0.2, -0.15) is 18.3 Å². The Hall–Kier alpha value is -3.63. The second-order valence-corrected chi connectivity index (χ2v) is 10.3. The first kappa shape index (κ1) is 24.7. The summed E-state index contributed by atoms with van der Waals surface area (Å²) in [6.07, 6.45) is 5.38. The van der Waals surface area contributed by atoms with Crippen LogP contribution in [0, 0.1) is 5.92 Å². The molecule has 0 atom stereocenters. The fraction of sp³-hybridized carbons (Fsp3) is 0.481. The van der Waals surface area contributed by atoms with E-state index in [0.29, 0.717) is 38.5 Å². The molecule has 11 heteroatoms. The number of hydrogen-bond acceptors (Lipinski definition) is 6. The lowest BCUT2D eigenvalue weighted by atomic mass is 9.95. The van der Waals surface area contributed by atoms with Crippen molar-refractivity contribution in [2.24, 2.45) is 5.92 Å². The first-order valence-corrected chi connectivity index (χ1v) is 13.3. The highest BCUT2D eigenvalue weighted by molar-refractivity contribution is 5.99. The number of piperidine rings is 1. The van der Waals surface area contributed by atoms with E-state index in [1.54, 1.807) is 4.90 Å². The molecule has 1 aromatic carbocycles. The highest BCUT2D eigenvalue weighted by Gasteiger charge is 2.36. The zero-order chi connectivity index (χ0) is 26.3. The van der Waals surface area contributed by atoms with E-state index in [4.69, 9.17) is 5.10 Å². The Morgan fingerprint density at radius 1 is 1.00 bits per heavy atom. The predicted octanol–water partition coefficient (Wildman–Crippen LogP) is 5.70. The van der Waals surface area contributed by atoms with Gasteiger partial charge in [0.15, 0.2) is 0 Å². The van der Waals surface area contributed by atoms with Crippen LogP contribution in [-0.4, -0.2) is 38.7 Å². The zero-order valence-electron chi connectivity index (χ0n) is 21.0. The molecule has 2 fully saturated rings. The number of anilines is 4. The van der Waals surface area contributed by atoms with Crippen molar-refractivity contribution in [3.05, 3.63) is 54.0 Å². The van der Waals surface area contributed by atoms with Crippen LogP contribution in [0.3, 0.4) is 0 Å². The molecule has 1 aliphatic carbocycles. The molecule has 200 valence electrons. The van der Waals surface area contributed by atoms with Gasteiger partial charge in [0.1, 0.15) is 11.5 Å². The average molecular weight is 526 g/mol. The quantitative estimate of drug-likeness (QED) is 0.472. The molecule has 0 bridgehead atoms. The van der Waals surface area contributed by atoms with Gasteiger partial charge in [-0.3, -0.25) is 4.79 Å². The summed E-state index contributed by atoms with van der Waals surface area (Å²) in [6.45, 7) is 1.24. The number of nitrogens with zero attached hydrogens (tertiary/aromatic N) is 6. The third kappa shape index (κ3) is 4.69. The van der Waals surface area contributed by atoms with Crippen molar-refractivity contribution >= 4 is 29.0 Å². The molecule has 0 spiro atoms. The molecule has 1 saturated heterocycles. The van der Waals surface area contributed by atoms with Crippen molar-refractivity contribution < 1.29 is 18.0 Å². The number of amides is 1. The van der Waals surface area contributed by atoms with Crippen LogP contribution in [0.4, 0.5) is 36.3 Å². The second kappa shape index (κ2) is 9.92. The molecule has 38 heavy (non-hydrogen) atoms. The molecule has 2 aromatic heterocycles. The van der Waals surface area contributed by atoms with Gasteiger partial charge in [0.2, 0.25) is 11.9 Å². The van der Waals surface area contributed by atoms with Gasteiger partial charge in [-0.25, -0.2) is 14.6 Å². The number of benzene rings is 1. The Kier molecular flexibility index (Phi) is 6.45. The zero-order valence-corrected chi connectivity index (χ0v) is 21.0. The maximum atomic E-state index is 13.9. The summed E-state index contributed by atoms with van der Waals surface area (Å²) in [5.74, 6) is 0.771. The van der Waals surface area contributed by atoms with E-state index in [9.17, 15) is 18.0 Å². The first-order chi connectivity index (χ1) is 18.4. The lowest BCUT2D eigenvalue weighted by molar-refractivity contribution is -0.141. The average Bonchev–Trinajstić information content (AvgIpc) is 3.26. The summed E-state index contributed by atoms with van der Waals surface area (Å²) in [7, 11) is 0. The Morgan fingerprint density at radius 3 is 2.53 bits per heavy atom. The van der Waals surface area contributed by atoms with Crippen molar-refractivity contribution in [1.82, 2.24) is 19.7 Å². The van der Waals surface area contributed by atoms with E-state index in [0.717, 1.165) is 47.9 Å². The topological polar surface area (TPSA) is 79.2 Å². The van der Waals surface area contributed by atoms with E-state index in [2.05, 4.69) is 20.0 Å². The molecule has 1 saturated carbocycles. The van der Waals surface area contributed by atoms with Gasteiger partial charge in [0.25, 0.3) is 0 Å². The fourth-order valence-electron chi connectivity index (χ4n) is 5.85. The number of carbonyl (C=O) groups excluding carboxylic acids is 1. The lowest BCUT2D eigenvalue weighted by Gasteiger charge is -2.34. The summed E-state index contributed by atoms with van der Waals surface area (Å²) in [5.41, 5.74) is 1.72. The summed E-state index contributed by atoms with van der Waals surface area (Å²) in [5, 5.41) is 8.30. The largest absolute Gasteiger partial charge is 0.433 e. The van der Waals surface area contributed by atoms with Crippen molar-refractivity contribution in [3.63, 3.8) is 0 Å². The van der Waals surface area contributed by atoms with Crippen LogP contribution in [0.15, 0.2) is 42.7 Å². The van der Waals surface area contributed by atoms with E-state index in [1.165, 1.54) is 19.3 Å². The second-order valence-electron chi connectivity index (χ2n) is 10.3. The maximum absolute atomic E-state index is 13.9. The highest BCUT2D eigenvalue weighted by Crippen LogP contribution is 2.40. The van der Waals surface area contributed by atoms with Crippen molar-refractivity contribution in [3.8, 4) is 0 Å². The van der Waals surface area contributed by atoms with Gasteiger partial charge < -0.3 is 15.1 Å². The molecule has 3 aromatic rings. The van der Waals surface area contributed by atoms with Gasteiger partial charge in [0, 0.05) is 30.8 Å². The molecule has 0 unspecified atom stereocenters. The first-order valence-electron chi connectivity index (χ1n) is 13.3. The maximum Gasteiger partial charge on any atom is 0.433 e. The summed E-state index contributed by atoms with van der Waals surface area (Å²) >= 11 is 0. The van der Waals surface area contributed by atoms with Crippen molar-refractivity contribution in [2.75, 3.05) is 28.2 Å². The van der Waals surface area contributed by atoms with Crippen molar-refractivity contribution in [1.29, 1.82) is 0 Å². The normalized spacial score (nSPS) is 18.9. The van der Waals surface area contributed by atoms with E-state index >= 15 is 0 Å². The summed E-state index contributed by atoms with van der Waals surface area (Å²) in [4.78, 5) is 25.2. The Morgan fingerprint density at radius 2 is 1.76 bits per heavy atom. The molecule has 8 nitrogen and oxygen atoms in total. The lowest BCUT2D eigenvalue weighted by Crippen LogP contribution is -2.43. The Labute approximate surface area is 218 Å². The number of para-hydroxylation sites is 2. The molecule has 1 amide bonds. The predicted molar refractivity (Wildman–Crippen MR) is 137 cm³/mol. The standard InChI is InChI=1S/C27H30F3N7O/c28-27(29,30)23-10-13-31-26(34-23)35-14-11-18(12-15-35)25(38)36-17-19-16-32-37(20-6-2-1-3-7-20)24(19)33-21-8-4-5-9-22(21)36/h4-5,8-10,13,16,18,20,33H,1-3,6-7,11-12,14-15,17H2. The van der Waals surface area contributed by atoms with Crippen molar-refractivity contribution in [2.45, 2.75) is 63.7 Å². The number of halogens is 3. The Bertz CT molecular complexity index is 1310. The third-order valence-electron chi connectivity index (χ3n) is 7.89. The number of rotatable bonds is 3. The number of nitrogens with one attached hydrogen (secondary N) is 1. The van der Waals surface area contributed by atoms with Crippen LogP contribution >= 0.6 is 0 Å². The van der Waals surface area contributed by atoms with E-state index in [1.807, 2.05) is 35.4 Å². The third-order valence-corrected chi connectivity index (χ3v) is 7.89. The van der Waals surface area contributed by atoms with Gasteiger partial charge in [-0.15, -0.1) is 0 Å². The number of hydrogen-bond donors (Lipinski definition) is 1. The van der Waals surface area contributed by atoms with Gasteiger partial charge in [0.05, 0.1) is 30.2 Å². The van der Waals surface area contributed by atoms with Gasteiger partial charge in [-0.1, -0.05) is 31.4 Å². The molecule has 6 rings (SSSR count). The van der Waals surface area contributed by atoms with Gasteiger partial charge >= 0.3 is 6.18 Å². The van der Waals surface area contributed by atoms with E-state index < -0.39 is 11.9 Å². The summed E-state index contributed by atoms with van der Waals surface area (Å²) in [6, 6.07) is 9.05. The number of carbonyl (C=O) groups is 1. The van der Waals surface area contributed by atoms with E-state index in [-0.39, 0.29) is 17.8 Å². The number of aromatic nitrogens is 4. The summed E-state index contributed by atoms with van der Waals surface area (Å²) < 4.78 is 41.4. The molecular formula is C27H30F3N7O. The highest BCUT2D eigenvalue weighted by atomic mass is 19.4. The van der Waals surface area contributed by atoms with Crippen LogP contribution in [0.5, 0.6) is 0 Å². The molecule has 0 radical (unpaired) electrons. The van der Waals surface area contributed by atoms with Gasteiger partial charge in [-0.05, 0) is 43.9 Å². The number of fused-ring (bicyclic) bond motifs is 2. The van der Waals surface area contributed by atoms with Crippen LogP contribution in [0.25, 0.3) is 0 Å². The monoisotopic (exact) mass is 525 g/mol. The fourth-order valence-corrected chi connectivity index (χ4v) is 5.85. The smallest absolute Gasteiger partial charge is 0.341 e. The van der Waals surface area contributed by atoms with Crippen LogP contribution in [0.1, 0.15) is 62.2 Å². The van der Waals surface area contributed by atoms with Crippen LogP contribution < -0.4 is 15.1 Å². The molecular weight excluding hydrogens is 495 g/mol. The SMILES string of the molecule is O=C(C1CCN(c2nccc(C(F)(F)F)n2)CC1)N1Cc2cnn(C3CCCCC3)c2Nc2ccccc21. The molecule has 3 aliphatic rings. The van der Waals surface area contributed by atoms with Crippen LogP contribution in [-0.2, 0) is 17.5 Å². The minimum Gasteiger partial charge on any atom is -0.341 e. The van der Waals surface area contributed by atoms with Crippen LogP contribution in [0.2, 0.25) is 0 Å². The Balaban J connectivity index is 1.21. The molecule has 1 N–H and O–H groups in total. The molecule has 2 aliphatic heterocycles. The number of alkyl halides is 3. The minimum atomic E-state index is -4.52.